The molecule has 0 aromatic heterocycles. The van der Waals surface area contributed by atoms with Crippen LogP contribution in [0.3, 0.4) is 0 Å². The molecule has 19 heavy (non-hydrogen) atoms. The third-order valence-electron chi connectivity index (χ3n) is 3.73. The van der Waals surface area contributed by atoms with E-state index in [2.05, 4.69) is 6.07 Å². The summed E-state index contributed by atoms with van der Waals surface area (Å²) in [5.74, 6) is -0.739. The number of rotatable bonds is 6. The van der Waals surface area contributed by atoms with Crippen LogP contribution in [0.2, 0.25) is 0 Å². The Morgan fingerprint density at radius 1 is 1.21 bits per heavy atom. The SMILES string of the molecule is O=C(O)[C@@H]1Cc2ccccc2CN1CCCCCO. The van der Waals surface area contributed by atoms with Crippen LogP contribution in [0.25, 0.3) is 0 Å². The first-order valence-corrected chi connectivity index (χ1v) is 6.87. The molecule has 1 atom stereocenters. The molecule has 0 aliphatic carbocycles. The van der Waals surface area contributed by atoms with Crippen molar-refractivity contribution in [1.82, 2.24) is 4.90 Å². The van der Waals surface area contributed by atoms with E-state index >= 15 is 0 Å². The van der Waals surface area contributed by atoms with E-state index in [1.807, 2.05) is 23.1 Å². The van der Waals surface area contributed by atoms with Crippen LogP contribution in [-0.4, -0.2) is 40.3 Å². The number of aliphatic hydroxyl groups is 1. The third kappa shape index (κ3) is 3.55. The van der Waals surface area contributed by atoms with E-state index in [-0.39, 0.29) is 6.61 Å². The fraction of sp³-hybridized carbons (Fsp3) is 0.533. The summed E-state index contributed by atoms with van der Waals surface area (Å²) in [4.78, 5) is 13.4. The second-order valence-corrected chi connectivity index (χ2v) is 5.08. The predicted molar refractivity (Wildman–Crippen MR) is 72.9 cm³/mol. The quantitative estimate of drug-likeness (QED) is 0.766. The molecule has 0 fully saturated rings. The van der Waals surface area contributed by atoms with Crippen molar-refractivity contribution in [2.45, 2.75) is 38.3 Å². The molecule has 0 spiro atoms. The highest BCUT2D eigenvalue weighted by Crippen LogP contribution is 2.23. The van der Waals surface area contributed by atoms with Crippen molar-refractivity contribution in [2.75, 3.05) is 13.2 Å². The monoisotopic (exact) mass is 263 g/mol. The molecule has 104 valence electrons. The van der Waals surface area contributed by atoms with E-state index in [4.69, 9.17) is 5.11 Å². The molecule has 4 nitrogen and oxygen atoms in total. The standard InChI is InChI=1S/C15H21NO3/c17-9-5-1-4-8-16-11-13-7-3-2-6-12(13)10-14(16)15(18)19/h2-3,6-7,14,17H,1,4-5,8-11H2,(H,18,19)/t14-/m0/s1. The lowest BCUT2D eigenvalue weighted by Gasteiger charge is -2.34. The number of nitrogens with zero attached hydrogens (tertiary/aromatic N) is 1. The van der Waals surface area contributed by atoms with Gasteiger partial charge in [-0.2, -0.15) is 0 Å². The Balaban J connectivity index is 2.02. The van der Waals surface area contributed by atoms with Crippen molar-refractivity contribution in [2.24, 2.45) is 0 Å². The average molecular weight is 263 g/mol. The normalized spacial score (nSPS) is 19.1. The van der Waals surface area contributed by atoms with Crippen molar-refractivity contribution in [3.05, 3.63) is 35.4 Å². The van der Waals surface area contributed by atoms with Crippen molar-refractivity contribution in [3.8, 4) is 0 Å². The maximum Gasteiger partial charge on any atom is 0.321 e. The minimum absolute atomic E-state index is 0.213. The van der Waals surface area contributed by atoms with Crippen LogP contribution in [0.1, 0.15) is 30.4 Å². The molecular formula is C15H21NO3. The highest BCUT2D eigenvalue weighted by atomic mass is 16.4. The van der Waals surface area contributed by atoms with Gasteiger partial charge in [0, 0.05) is 13.2 Å². The number of aliphatic hydroxyl groups excluding tert-OH is 1. The fourth-order valence-electron chi connectivity index (χ4n) is 2.66. The molecule has 0 unspecified atom stereocenters. The third-order valence-corrected chi connectivity index (χ3v) is 3.73. The fourth-order valence-corrected chi connectivity index (χ4v) is 2.66. The van der Waals surface area contributed by atoms with Gasteiger partial charge in [0.2, 0.25) is 0 Å². The van der Waals surface area contributed by atoms with Crippen LogP contribution in [0.15, 0.2) is 24.3 Å². The van der Waals surface area contributed by atoms with E-state index in [9.17, 15) is 9.90 Å². The van der Waals surface area contributed by atoms with Gasteiger partial charge in [0.15, 0.2) is 0 Å². The van der Waals surface area contributed by atoms with Gasteiger partial charge in [0.25, 0.3) is 0 Å². The number of unbranched alkanes of at least 4 members (excludes halogenated alkanes) is 2. The first-order valence-electron chi connectivity index (χ1n) is 6.87. The Bertz CT molecular complexity index is 433. The van der Waals surface area contributed by atoms with Gasteiger partial charge in [-0.1, -0.05) is 24.3 Å². The topological polar surface area (TPSA) is 60.8 Å². The maximum atomic E-state index is 11.4. The van der Waals surface area contributed by atoms with Crippen molar-refractivity contribution >= 4 is 5.97 Å². The number of fused-ring (bicyclic) bond motifs is 1. The molecule has 0 saturated carbocycles. The maximum absolute atomic E-state index is 11.4. The number of carbonyl (C=O) groups is 1. The summed E-state index contributed by atoms with van der Waals surface area (Å²) in [7, 11) is 0. The molecule has 0 bridgehead atoms. The van der Waals surface area contributed by atoms with Crippen LogP contribution < -0.4 is 0 Å². The molecule has 1 aliphatic rings. The van der Waals surface area contributed by atoms with E-state index in [0.717, 1.165) is 31.4 Å². The van der Waals surface area contributed by atoms with Gasteiger partial charge in [0.05, 0.1) is 0 Å². The minimum atomic E-state index is -0.739. The number of benzene rings is 1. The number of hydrogen-bond acceptors (Lipinski definition) is 3. The molecule has 2 N–H and O–H groups in total. The zero-order chi connectivity index (χ0) is 13.7. The Morgan fingerprint density at radius 2 is 1.95 bits per heavy atom. The summed E-state index contributed by atoms with van der Waals surface area (Å²) in [6.07, 6.45) is 3.27. The number of aliphatic carboxylic acids is 1. The van der Waals surface area contributed by atoms with Crippen molar-refractivity contribution in [1.29, 1.82) is 0 Å². The molecule has 0 amide bonds. The van der Waals surface area contributed by atoms with Crippen molar-refractivity contribution < 1.29 is 15.0 Å². The summed E-state index contributed by atoms with van der Waals surface area (Å²) in [6, 6.07) is 7.66. The van der Waals surface area contributed by atoms with Gasteiger partial charge in [-0.3, -0.25) is 9.69 Å². The molecule has 0 saturated heterocycles. The Labute approximate surface area is 113 Å². The van der Waals surface area contributed by atoms with E-state index < -0.39 is 12.0 Å². The second kappa shape index (κ2) is 6.68. The Kier molecular flexibility index (Phi) is 4.93. The summed E-state index contributed by atoms with van der Waals surface area (Å²) >= 11 is 0. The molecule has 0 radical (unpaired) electrons. The highest BCUT2D eigenvalue weighted by Gasteiger charge is 2.30. The van der Waals surface area contributed by atoms with Crippen LogP contribution in [0.4, 0.5) is 0 Å². The summed E-state index contributed by atoms with van der Waals surface area (Å²) in [5, 5.41) is 18.1. The van der Waals surface area contributed by atoms with Gasteiger partial charge in [-0.25, -0.2) is 0 Å². The first-order chi connectivity index (χ1) is 9.22. The first kappa shape index (κ1) is 14.0. The summed E-state index contributed by atoms with van der Waals surface area (Å²) in [5.41, 5.74) is 2.39. The van der Waals surface area contributed by atoms with Gasteiger partial charge in [-0.15, -0.1) is 0 Å². The molecular weight excluding hydrogens is 242 g/mol. The van der Waals surface area contributed by atoms with Crippen LogP contribution in [-0.2, 0) is 17.8 Å². The average Bonchev–Trinajstić information content (AvgIpc) is 2.42. The lowest BCUT2D eigenvalue weighted by Crippen LogP contribution is -2.45. The van der Waals surface area contributed by atoms with Gasteiger partial charge < -0.3 is 10.2 Å². The predicted octanol–water partition coefficient (Wildman–Crippen LogP) is 1.66. The molecule has 1 aromatic rings. The Morgan fingerprint density at radius 3 is 2.63 bits per heavy atom. The molecule has 4 heteroatoms. The molecule has 1 aliphatic heterocycles. The smallest absolute Gasteiger partial charge is 0.321 e. The highest BCUT2D eigenvalue weighted by molar-refractivity contribution is 5.74. The lowest BCUT2D eigenvalue weighted by molar-refractivity contribution is -0.144. The van der Waals surface area contributed by atoms with Gasteiger partial charge >= 0.3 is 5.97 Å². The van der Waals surface area contributed by atoms with Gasteiger partial charge in [0.1, 0.15) is 6.04 Å². The lowest BCUT2D eigenvalue weighted by atomic mass is 9.94. The zero-order valence-corrected chi connectivity index (χ0v) is 11.1. The molecule has 1 aromatic carbocycles. The zero-order valence-electron chi connectivity index (χ0n) is 11.1. The van der Waals surface area contributed by atoms with Crippen LogP contribution in [0, 0.1) is 0 Å². The van der Waals surface area contributed by atoms with Gasteiger partial charge in [-0.05, 0) is 43.4 Å². The van der Waals surface area contributed by atoms with Crippen molar-refractivity contribution in [3.63, 3.8) is 0 Å². The minimum Gasteiger partial charge on any atom is -0.480 e. The van der Waals surface area contributed by atoms with E-state index in [1.165, 1.54) is 5.56 Å². The van der Waals surface area contributed by atoms with Crippen LogP contribution in [0.5, 0.6) is 0 Å². The van der Waals surface area contributed by atoms with Crippen LogP contribution >= 0.6 is 0 Å². The second-order valence-electron chi connectivity index (χ2n) is 5.08. The number of carboxylic acid groups (broad SMARTS) is 1. The van der Waals surface area contributed by atoms with E-state index in [0.29, 0.717) is 13.0 Å². The number of hydrogen-bond donors (Lipinski definition) is 2. The summed E-state index contributed by atoms with van der Waals surface area (Å²) in [6.45, 7) is 1.71. The number of carboxylic acids is 1. The largest absolute Gasteiger partial charge is 0.480 e. The molecule has 2 rings (SSSR count). The Hall–Kier alpha value is -1.39. The molecule has 1 heterocycles. The summed E-state index contributed by atoms with van der Waals surface area (Å²) < 4.78 is 0. The van der Waals surface area contributed by atoms with E-state index in [1.54, 1.807) is 0 Å².